The van der Waals surface area contributed by atoms with Crippen LogP contribution in [-0.4, -0.2) is 90.4 Å². The maximum atomic E-state index is 13.7. The molecule has 6 N–H and O–H groups in total. The molecule has 15 heteroatoms. The molecule has 0 saturated heterocycles. The van der Waals surface area contributed by atoms with Gasteiger partial charge in [-0.3, -0.25) is 14.4 Å². The molecule has 1 aromatic rings. The lowest BCUT2D eigenvalue weighted by Crippen LogP contribution is -2.53. The number of hydrogen-bond acceptors (Lipinski definition) is 11. The summed E-state index contributed by atoms with van der Waals surface area (Å²) in [4.78, 5) is 79.3. The summed E-state index contributed by atoms with van der Waals surface area (Å²) in [5.74, 6) is -1.31. The molecule has 0 radical (unpaired) electrons. The number of fused-ring (bicyclic) bond motifs is 1. The summed E-state index contributed by atoms with van der Waals surface area (Å²) in [6.45, 7) is 16.9. The Kier molecular flexibility index (Phi) is 18.5. The summed E-state index contributed by atoms with van der Waals surface area (Å²) in [6.07, 6.45) is 6.11. The lowest BCUT2D eigenvalue weighted by Gasteiger charge is -2.28. The molecule has 0 aromatic heterocycles. The molecule has 15 nitrogen and oxygen atoms in total. The molecule has 4 amide bonds. The number of nitrogens with one attached hydrogen (secondary N) is 4. The van der Waals surface area contributed by atoms with Crippen LogP contribution in [0.4, 0.5) is 4.79 Å². The van der Waals surface area contributed by atoms with Gasteiger partial charge < -0.3 is 45.9 Å². The van der Waals surface area contributed by atoms with Gasteiger partial charge in [-0.05, 0) is 156 Å². The highest BCUT2D eigenvalue weighted by Gasteiger charge is 2.32. The van der Waals surface area contributed by atoms with E-state index in [4.69, 9.17) is 24.7 Å². The Morgan fingerprint density at radius 2 is 1.36 bits per heavy atom. The van der Waals surface area contributed by atoms with Gasteiger partial charge in [-0.2, -0.15) is 0 Å². The van der Waals surface area contributed by atoms with Gasteiger partial charge >= 0.3 is 23.9 Å². The zero-order chi connectivity index (χ0) is 44.0. The molecule has 0 bridgehead atoms. The molecule has 1 saturated carbocycles. The number of urea groups is 1. The van der Waals surface area contributed by atoms with E-state index in [1.807, 2.05) is 18.2 Å². The molecular formula is C44H71N5O10. The first kappa shape index (κ1) is 49.0. The predicted molar refractivity (Wildman–Crippen MR) is 223 cm³/mol. The van der Waals surface area contributed by atoms with Crippen LogP contribution < -0.4 is 31.7 Å². The lowest BCUT2D eigenvalue weighted by atomic mass is 9.81. The smallest absolute Gasteiger partial charge is 0.329 e. The minimum absolute atomic E-state index is 0.0915. The van der Waals surface area contributed by atoms with Crippen molar-refractivity contribution in [3.8, 4) is 5.75 Å². The largest absolute Gasteiger partial charge is 0.493 e. The molecule has 1 fully saturated rings. The Morgan fingerprint density at radius 3 is 1.93 bits per heavy atom. The summed E-state index contributed by atoms with van der Waals surface area (Å²) >= 11 is 0. The van der Waals surface area contributed by atoms with Crippen molar-refractivity contribution < 1.29 is 47.7 Å². The zero-order valence-corrected chi connectivity index (χ0v) is 36.9. The van der Waals surface area contributed by atoms with E-state index in [2.05, 4.69) is 21.3 Å². The molecule has 0 unspecified atom stereocenters. The third kappa shape index (κ3) is 18.6. The first-order chi connectivity index (χ1) is 27.5. The van der Waals surface area contributed by atoms with Crippen LogP contribution in [0.1, 0.15) is 138 Å². The number of aryl methyl sites for hydroxylation is 1. The van der Waals surface area contributed by atoms with Crippen LogP contribution in [0.3, 0.4) is 0 Å². The van der Waals surface area contributed by atoms with E-state index in [0.717, 1.165) is 55.4 Å². The van der Waals surface area contributed by atoms with Gasteiger partial charge in [-0.15, -0.1) is 0 Å². The fourth-order valence-corrected chi connectivity index (χ4v) is 7.00. The predicted octanol–water partition coefficient (Wildman–Crippen LogP) is 4.93. The molecule has 1 aromatic carbocycles. The Bertz CT molecular complexity index is 1590. The van der Waals surface area contributed by atoms with Gasteiger partial charge in [-0.25, -0.2) is 14.4 Å². The van der Waals surface area contributed by atoms with E-state index < -0.39 is 58.9 Å². The second-order valence-electron chi connectivity index (χ2n) is 18.8. The SMILES string of the molecule is CC(C)(C)OC(=O)CC[C@H](NC(=O)N[C@@H](CCCCNC(=O)[C@@H](Cc1ccc2c(c1)CCCO2)NC(=O)C1CCC(CN)CC1)C(=O)OC(C)(C)C)C(=O)OC(C)(C)C. The average Bonchev–Trinajstić information content (AvgIpc) is 3.13. The standard InChI is InChI=1S/C44H71N5O10/c1-42(2,3)57-36(50)22-20-33(40(54)59-44(7,8)9)49-41(55)48-32(39(53)58-43(4,5)6)14-10-11-23-46-38(52)34(47-37(51)30-18-15-28(27-45)16-19-30)26-29-17-21-35-31(25-29)13-12-24-56-35/h17,21,25,28,30,32-34H,10-16,18-20,22-24,26-27,45H2,1-9H3,(H,46,52)(H,47,51)(H2,48,49,55)/t28?,30?,32-,33-,34+/m0/s1. The maximum absolute atomic E-state index is 13.7. The van der Waals surface area contributed by atoms with Gasteiger partial charge in [0.25, 0.3) is 0 Å². The van der Waals surface area contributed by atoms with Crippen molar-refractivity contribution in [2.45, 2.75) is 174 Å². The molecule has 1 heterocycles. The first-order valence-corrected chi connectivity index (χ1v) is 21.3. The number of ether oxygens (including phenoxy) is 4. The van der Waals surface area contributed by atoms with Crippen LogP contribution in [0.25, 0.3) is 0 Å². The summed E-state index contributed by atoms with van der Waals surface area (Å²) in [7, 11) is 0. The molecule has 1 aliphatic carbocycles. The normalized spacial score (nSPS) is 18.4. The molecule has 3 atom stereocenters. The topological polar surface area (TPSA) is 213 Å². The number of unbranched alkanes of at least 4 members (excludes halogenated alkanes) is 1. The van der Waals surface area contributed by atoms with Crippen LogP contribution in [0.5, 0.6) is 5.75 Å². The highest BCUT2D eigenvalue weighted by molar-refractivity contribution is 5.89. The summed E-state index contributed by atoms with van der Waals surface area (Å²) in [6, 6.07) is 1.98. The van der Waals surface area contributed by atoms with Crippen molar-refractivity contribution in [3.05, 3.63) is 29.3 Å². The number of benzene rings is 1. The van der Waals surface area contributed by atoms with Crippen molar-refractivity contribution in [3.63, 3.8) is 0 Å². The quantitative estimate of drug-likeness (QED) is 0.0760. The summed E-state index contributed by atoms with van der Waals surface area (Å²) in [5, 5.41) is 11.2. The van der Waals surface area contributed by atoms with Gasteiger partial charge in [-0.1, -0.05) is 12.1 Å². The average molecular weight is 830 g/mol. The molecule has 0 spiro atoms. The van der Waals surface area contributed by atoms with Crippen LogP contribution in [0.2, 0.25) is 0 Å². The minimum atomic E-state index is -1.21. The van der Waals surface area contributed by atoms with Gasteiger partial charge in [0.05, 0.1) is 6.61 Å². The van der Waals surface area contributed by atoms with Crippen molar-refractivity contribution in [1.29, 1.82) is 0 Å². The van der Waals surface area contributed by atoms with E-state index in [1.54, 1.807) is 62.3 Å². The van der Waals surface area contributed by atoms with Crippen LogP contribution >= 0.6 is 0 Å². The van der Waals surface area contributed by atoms with E-state index >= 15 is 0 Å². The molecule has 2 aliphatic rings. The molecule has 59 heavy (non-hydrogen) atoms. The van der Waals surface area contributed by atoms with E-state index in [9.17, 15) is 28.8 Å². The Morgan fingerprint density at radius 1 is 0.763 bits per heavy atom. The molecule has 1 aliphatic heterocycles. The highest BCUT2D eigenvalue weighted by Crippen LogP contribution is 2.29. The van der Waals surface area contributed by atoms with Crippen molar-refractivity contribution in [1.82, 2.24) is 21.3 Å². The second-order valence-corrected chi connectivity index (χ2v) is 18.8. The van der Waals surface area contributed by atoms with Gasteiger partial charge in [0, 0.05) is 25.3 Å². The van der Waals surface area contributed by atoms with Gasteiger partial charge in [0.15, 0.2) is 0 Å². The third-order valence-corrected chi connectivity index (χ3v) is 9.87. The van der Waals surface area contributed by atoms with Crippen LogP contribution in [0.15, 0.2) is 18.2 Å². The van der Waals surface area contributed by atoms with Gasteiger partial charge in [0.1, 0.15) is 40.7 Å². The third-order valence-electron chi connectivity index (χ3n) is 9.87. The van der Waals surface area contributed by atoms with Crippen molar-refractivity contribution in [2.24, 2.45) is 17.6 Å². The second kappa shape index (κ2) is 22.3. The number of amides is 4. The number of esters is 3. The number of carbonyl (C=O) groups excluding carboxylic acids is 6. The molecular weight excluding hydrogens is 759 g/mol. The number of nitrogens with two attached hydrogens (primary N) is 1. The van der Waals surface area contributed by atoms with Gasteiger partial charge in [0.2, 0.25) is 11.8 Å². The molecule has 332 valence electrons. The maximum Gasteiger partial charge on any atom is 0.329 e. The Balaban J connectivity index is 1.64. The number of carbonyl (C=O) groups is 6. The monoisotopic (exact) mass is 830 g/mol. The first-order valence-electron chi connectivity index (χ1n) is 21.3. The van der Waals surface area contributed by atoms with E-state index in [-0.39, 0.29) is 43.5 Å². The fraction of sp³-hybridized carbons (Fsp3) is 0.727. The van der Waals surface area contributed by atoms with Crippen LogP contribution in [-0.2, 0) is 51.0 Å². The highest BCUT2D eigenvalue weighted by atomic mass is 16.6. The zero-order valence-electron chi connectivity index (χ0n) is 36.9. The summed E-state index contributed by atoms with van der Waals surface area (Å²) in [5.41, 5.74) is 5.44. The minimum Gasteiger partial charge on any atom is -0.493 e. The van der Waals surface area contributed by atoms with Crippen molar-refractivity contribution >= 4 is 35.8 Å². The summed E-state index contributed by atoms with van der Waals surface area (Å²) < 4.78 is 22.2. The van der Waals surface area contributed by atoms with E-state index in [1.165, 1.54) is 0 Å². The van der Waals surface area contributed by atoms with E-state index in [0.29, 0.717) is 38.3 Å². The Hall–Kier alpha value is -4.40. The number of rotatable bonds is 18. The molecule has 3 rings (SSSR count). The number of hydrogen-bond donors (Lipinski definition) is 5. The Labute approximate surface area is 350 Å². The van der Waals surface area contributed by atoms with Crippen LogP contribution in [0, 0.1) is 11.8 Å². The van der Waals surface area contributed by atoms with Crippen molar-refractivity contribution in [2.75, 3.05) is 19.7 Å². The lowest BCUT2D eigenvalue weighted by molar-refractivity contribution is -0.159. The fourth-order valence-electron chi connectivity index (χ4n) is 7.00.